The second kappa shape index (κ2) is 6.19. The van der Waals surface area contributed by atoms with E-state index in [4.69, 9.17) is 4.74 Å². The zero-order valence-electron chi connectivity index (χ0n) is 14.2. The van der Waals surface area contributed by atoms with E-state index in [-0.39, 0.29) is 11.2 Å². The molecule has 0 unspecified atom stereocenters. The molecule has 0 radical (unpaired) electrons. The highest BCUT2D eigenvalue weighted by Crippen LogP contribution is 2.51. The lowest BCUT2D eigenvalue weighted by atomic mass is 9.55. The number of sulfone groups is 1. The van der Waals surface area contributed by atoms with Crippen LogP contribution in [0.4, 0.5) is 0 Å². The van der Waals surface area contributed by atoms with Crippen molar-refractivity contribution >= 4 is 9.84 Å². The molecular weight excluding hydrogens is 310 g/mol. The summed E-state index contributed by atoms with van der Waals surface area (Å²) < 4.78 is 28.6. The third-order valence-corrected chi connectivity index (χ3v) is 6.17. The highest BCUT2D eigenvalue weighted by molar-refractivity contribution is 7.89. The summed E-state index contributed by atoms with van der Waals surface area (Å²) in [5.74, 6) is 0.737. The van der Waals surface area contributed by atoms with Crippen LogP contribution in [0.25, 0.3) is 0 Å². The summed E-state index contributed by atoms with van der Waals surface area (Å²) in [5.41, 5.74) is 2.22. The maximum atomic E-state index is 11.3. The molecule has 1 saturated carbocycles. The standard InChI is InChI=1S/C18H27NO3S/c1-18(2)16(15-5-4-10-22-17(15)18)19-11-13-6-8-14(9-7-13)12-23(3,20)21/h6-9,15-17,19H,4-5,10-12H2,1-3H3/t15-,16+,17+/m0/s1. The summed E-state index contributed by atoms with van der Waals surface area (Å²) in [6.07, 6.45) is 4.07. The second-order valence-electron chi connectivity index (χ2n) is 7.66. The molecule has 3 rings (SSSR count). The Morgan fingerprint density at radius 1 is 1.22 bits per heavy atom. The molecule has 1 saturated heterocycles. The van der Waals surface area contributed by atoms with E-state index in [9.17, 15) is 8.42 Å². The van der Waals surface area contributed by atoms with Crippen LogP contribution in [0.2, 0.25) is 0 Å². The largest absolute Gasteiger partial charge is 0.377 e. The van der Waals surface area contributed by atoms with Crippen molar-refractivity contribution in [1.82, 2.24) is 5.32 Å². The average Bonchev–Trinajstić information content (AvgIpc) is 2.47. The second-order valence-corrected chi connectivity index (χ2v) is 9.80. The number of hydrogen-bond donors (Lipinski definition) is 1. The summed E-state index contributed by atoms with van der Waals surface area (Å²) in [7, 11) is -2.97. The van der Waals surface area contributed by atoms with Gasteiger partial charge in [-0.2, -0.15) is 0 Å². The minimum absolute atomic E-state index is 0.109. The van der Waals surface area contributed by atoms with Crippen molar-refractivity contribution < 1.29 is 13.2 Å². The molecular formula is C18H27NO3S. The van der Waals surface area contributed by atoms with E-state index in [0.29, 0.717) is 18.1 Å². The number of ether oxygens (including phenoxy) is 1. The van der Waals surface area contributed by atoms with Gasteiger partial charge >= 0.3 is 0 Å². The van der Waals surface area contributed by atoms with Crippen LogP contribution in [0.5, 0.6) is 0 Å². The van der Waals surface area contributed by atoms with Gasteiger partial charge in [0.25, 0.3) is 0 Å². The lowest BCUT2D eigenvalue weighted by molar-refractivity contribution is -0.192. The minimum atomic E-state index is -2.97. The third kappa shape index (κ3) is 3.62. The SMILES string of the molecule is CC1(C)[C@H](NCc2ccc(CS(C)(=O)=O)cc2)[C@@H]2CCCO[C@H]21. The fraction of sp³-hybridized carbons (Fsp3) is 0.667. The molecule has 3 atom stereocenters. The third-order valence-electron chi connectivity index (χ3n) is 5.31. The van der Waals surface area contributed by atoms with Crippen LogP contribution in [0.15, 0.2) is 24.3 Å². The molecule has 23 heavy (non-hydrogen) atoms. The quantitative estimate of drug-likeness (QED) is 0.897. The molecule has 1 heterocycles. The van der Waals surface area contributed by atoms with Gasteiger partial charge in [-0.1, -0.05) is 38.1 Å². The van der Waals surface area contributed by atoms with Gasteiger partial charge in [-0.05, 0) is 24.0 Å². The molecule has 2 aliphatic rings. The Morgan fingerprint density at radius 2 is 1.87 bits per heavy atom. The Balaban J connectivity index is 1.58. The van der Waals surface area contributed by atoms with Gasteiger partial charge in [0, 0.05) is 36.8 Å². The van der Waals surface area contributed by atoms with Crippen LogP contribution in [0.3, 0.4) is 0 Å². The van der Waals surface area contributed by atoms with Crippen molar-refractivity contribution in [2.45, 2.75) is 51.1 Å². The molecule has 0 amide bonds. The van der Waals surface area contributed by atoms with E-state index in [2.05, 4.69) is 19.2 Å². The monoisotopic (exact) mass is 337 g/mol. The van der Waals surface area contributed by atoms with Gasteiger partial charge in [0.2, 0.25) is 0 Å². The minimum Gasteiger partial charge on any atom is -0.377 e. The summed E-state index contributed by atoms with van der Waals surface area (Å²) >= 11 is 0. The van der Waals surface area contributed by atoms with Gasteiger partial charge in [0.15, 0.2) is 9.84 Å². The van der Waals surface area contributed by atoms with E-state index < -0.39 is 9.84 Å². The number of benzene rings is 1. The van der Waals surface area contributed by atoms with Crippen molar-refractivity contribution in [3.8, 4) is 0 Å². The van der Waals surface area contributed by atoms with E-state index in [0.717, 1.165) is 25.1 Å². The van der Waals surface area contributed by atoms with Crippen LogP contribution < -0.4 is 5.32 Å². The van der Waals surface area contributed by atoms with E-state index in [1.54, 1.807) is 0 Å². The maximum absolute atomic E-state index is 11.3. The molecule has 0 spiro atoms. The average molecular weight is 337 g/mol. The topological polar surface area (TPSA) is 55.4 Å². The highest BCUT2D eigenvalue weighted by Gasteiger charge is 2.57. The molecule has 128 valence electrons. The first-order valence-corrected chi connectivity index (χ1v) is 10.4. The summed E-state index contributed by atoms with van der Waals surface area (Å²) in [4.78, 5) is 0. The van der Waals surface area contributed by atoms with Crippen LogP contribution in [0, 0.1) is 11.3 Å². The highest BCUT2D eigenvalue weighted by atomic mass is 32.2. The molecule has 0 aromatic heterocycles. The van der Waals surface area contributed by atoms with Crippen molar-refractivity contribution in [3.05, 3.63) is 35.4 Å². The number of rotatable bonds is 5. The van der Waals surface area contributed by atoms with Gasteiger partial charge in [0.05, 0.1) is 11.9 Å². The number of nitrogens with one attached hydrogen (secondary N) is 1. The first kappa shape index (κ1) is 16.9. The van der Waals surface area contributed by atoms with Gasteiger partial charge in [-0.3, -0.25) is 0 Å². The summed E-state index contributed by atoms with van der Waals surface area (Å²) in [5, 5.41) is 3.69. The Morgan fingerprint density at radius 3 is 2.52 bits per heavy atom. The summed E-state index contributed by atoms with van der Waals surface area (Å²) in [6, 6.07) is 8.36. The fourth-order valence-electron chi connectivity index (χ4n) is 4.22. The number of hydrogen-bond acceptors (Lipinski definition) is 4. The molecule has 2 fully saturated rings. The predicted molar refractivity (Wildman–Crippen MR) is 91.9 cm³/mol. The molecule has 4 nitrogen and oxygen atoms in total. The lowest BCUT2D eigenvalue weighted by Gasteiger charge is -2.60. The van der Waals surface area contributed by atoms with Gasteiger partial charge in [-0.25, -0.2) is 8.42 Å². The van der Waals surface area contributed by atoms with Gasteiger partial charge in [0.1, 0.15) is 0 Å². The Hall–Kier alpha value is -0.910. The van der Waals surface area contributed by atoms with E-state index in [1.807, 2.05) is 24.3 Å². The molecule has 1 aromatic rings. The van der Waals surface area contributed by atoms with Gasteiger partial charge < -0.3 is 10.1 Å². The Bertz CT molecular complexity index is 651. The van der Waals surface area contributed by atoms with Crippen molar-refractivity contribution in [3.63, 3.8) is 0 Å². The Labute approximate surface area is 139 Å². The van der Waals surface area contributed by atoms with Crippen LogP contribution in [0.1, 0.15) is 37.8 Å². The van der Waals surface area contributed by atoms with Crippen LogP contribution in [-0.4, -0.2) is 33.4 Å². The lowest BCUT2D eigenvalue weighted by Crippen LogP contribution is -2.69. The molecule has 1 aromatic carbocycles. The molecule has 1 N–H and O–H groups in total. The molecule has 1 aliphatic heterocycles. The van der Waals surface area contributed by atoms with Crippen molar-refractivity contribution in [2.75, 3.05) is 12.9 Å². The van der Waals surface area contributed by atoms with Crippen LogP contribution in [-0.2, 0) is 26.9 Å². The smallest absolute Gasteiger partial charge is 0.151 e. The first-order valence-electron chi connectivity index (χ1n) is 8.38. The first-order chi connectivity index (χ1) is 10.8. The van der Waals surface area contributed by atoms with Crippen LogP contribution >= 0.6 is 0 Å². The zero-order chi connectivity index (χ0) is 16.7. The molecule has 5 heteroatoms. The maximum Gasteiger partial charge on any atom is 0.151 e. The van der Waals surface area contributed by atoms with E-state index >= 15 is 0 Å². The van der Waals surface area contributed by atoms with E-state index in [1.165, 1.54) is 18.2 Å². The fourth-order valence-corrected chi connectivity index (χ4v) is 5.02. The normalized spacial score (nSPS) is 29.6. The molecule has 0 bridgehead atoms. The van der Waals surface area contributed by atoms with Gasteiger partial charge in [-0.15, -0.1) is 0 Å². The summed E-state index contributed by atoms with van der Waals surface area (Å²) in [6.45, 7) is 6.29. The Kier molecular flexibility index (Phi) is 4.55. The number of fused-ring (bicyclic) bond motifs is 1. The van der Waals surface area contributed by atoms with Crippen molar-refractivity contribution in [1.29, 1.82) is 0 Å². The predicted octanol–water partition coefficient (Wildman–Crippen LogP) is 2.52. The zero-order valence-corrected chi connectivity index (χ0v) is 15.0. The molecule has 1 aliphatic carbocycles. The van der Waals surface area contributed by atoms with Crippen molar-refractivity contribution in [2.24, 2.45) is 11.3 Å².